The third kappa shape index (κ3) is 3.78. The number of anilines is 2. The van der Waals surface area contributed by atoms with Crippen molar-refractivity contribution in [3.05, 3.63) is 18.2 Å². The van der Waals surface area contributed by atoms with E-state index < -0.39 is 5.60 Å². The Bertz CT molecular complexity index is 638. The zero-order chi connectivity index (χ0) is 18.2. The van der Waals surface area contributed by atoms with Gasteiger partial charge < -0.3 is 25.0 Å². The number of amides is 1. The molecular formula is C19H29N3O3. The Morgan fingerprint density at radius 2 is 1.84 bits per heavy atom. The number of hydrogen-bond acceptors (Lipinski definition) is 5. The third-order valence-electron chi connectivity index (χ3n) is 5.11. The van der Waals surface area contributed by atoms with Crippen molar-refractivity contribution in [1.82, 2.24) is 4.90 Å². The highest BCUT2D eigenvalue weighted by Gasteiger charge is 2.47. The first-order chi connectivity index (χ1) is 11.7. The number of benzene rings is 1. The van der Waals surface area contributed by atoms with E-state index in [9.17, 15) is 4.79 Å². The van der Waals surface area contributed by atoms with E-state index in [0.717, 1.165) is 44.7 Å². The maximum atomic E-state index is 12.1. The normalized spacial score (nSPS) is 19.5. The lowest BCUT2D eigenvalue weighted by molar-refractivity contribution is -0.0434. The second-order valence-electron chi connectivity index (χ2n) is 8.25. The molecule has 2 saturated heterocycles. The Kier molecular flexibility index (Phi) is 4.47. The predicted molar refractivity (Wildman–Crippen MR) is 99.1 cm³/mol. The first-order valence-electron chi connectivity index (χ1n) is 8.88. The largest absolute Gasteiger partial charge is 0.495 e. The molecule has 0 unspecified atom stereocenters. The molecule has 2 aliphatic rings. The quantitative estimate of drug-likeness (QED) is 0.833. The Balaban J connectivity index is 1.53. The van der Waals surface area contributed by atoms with Gasteiger partial charge in [0, 0.05) is 37.3 Å². The van der Waals surface area contributed by atoms with Gasteiger partial charge in [-0.1, -0.05) is 0 Å². The van der Waals surface area contributed by atoms with Crippen molar-refractivity contribution >= 4 is 17.5 Å². The standard InChI is InChI=1S/C19H29N3O3/c1-18(2,3)25-17(23)22-12-19(13-22)7-9-21(10-8-19)14-5-6-16(24-4)15(20)11-14/h5-6,11H,7-10,12-13,20H2,1-4H3. The van der Waals surface area contributed by atoms with Crippen molar-refractivity contribution in [3.8, 4) is 5.75 Å². The summed E-state index contributed by atoms with van der Waals surface area (Å²) < 4.78 is 10.7. The lowest BCUT2D eigenvalue weighted by Gasteiger charge is -2.54. The molecule has 0 aliphatic carbocycles. The number of nitrogen functional groups attached to an aromatic ring is 1. The summed E-state index contributed by atoms with van der Waals surface area (Å²) in [5.74, 6) is 0.712. The molecule has 25 heavy (non-hydrogen) atoms. The zero-order valence-corrected chi connectivity index (χ0v) is 15.7. The van der Waals surface area contributed by atoms with E-state index in [1.165, 1.54) is 0 Å². The molecule has 2 N–H and O–H groups in total. The van der Waals surface area contributed by atoms with Crippen LogP contribution in [0.1, 0.15) is 33.6 Å². The van der Waals surface area contributed by atoms with Crippen LogP contribution >= 0.6 is 0 Å². The number of nitrogens with two attached hydrogens (primary N) is 1. The van der Waals surface area contributed by atoms with Crippen molar-refractivity contribution in [2.75, 3.05) is 43.9 Å². The van der Waals surface area contributed by atoms with Crippen molar-refractivity contribution in [1.29, 1.82) is 0 Å². The molecule has 0 saturated carbocycles. The Hall–Kier alpha value is -2.11. The fourth-order valence-corrected chi connectivity index (χ4v) is 3.69. The van der Waals surface area contributed by atoms with Crippen molar-refractivity contribution < 1.29 is 14.3 Å². The number of ether oxygens (including phenoxy) is 2. The van der Waals surface area contributed by atoms with Gasteiger partial charge >= 0.3 is 6.09 Å². The van der Waals surface area contributed by atoms with E-state index in [1.807, 2.05) is 37.8 Å². The van der Waals surface area contributed by atoms with Crippen molar-refractivity contribution in [2.24, 2.45) is 5.41 Å². The first-order valence-corrected chi connectivity index (χ1v) is 8.88. The lowest BCUT2D eigenvalue weighted by atomic mass is 9.72. The van der Waals surface area contributed by atoms with Gasteiger partial charge in [-0.15, -0.1) is 0 Å². The van der Waals surface area contributed by atoms with Gasteiger partial charge in [-0.05, 0) is 51.8 Å². The van der Waals surface area contributed by atoms with Gasteiger partial charge in [0.2, 0.25) is 0 Å². The number of nitrogens with zero attached hydrogens (tertiary/aromatic N) is 2. The highest BCUT2D eigenvalue weighted by atomic mass is 16.6. The molecular weight excluding hydrogens is 318 g/mol. The maximum Gasteiger partial charge on any atom is 0.410 e. The van der Waals surface area contributed by atoms with Crippen LogP contribution in [0.4, 0.5) is 16.2 Å². The molecule has 0 radical (unpaired) electrons. The minimum absolute atomic E-state index is 0.191. The van der Waals surface area contributed by atoms with Gasteiger partial charge in [0.25, 0.3) is 0 Å². The fraction of sp³-hybridized carbons (Fsp3) is 0.632. The van der Waals surface area contributed by atoms with E-state index >= 15 is 0 Å². The number of carbonyl (C=O) groups is 1. The second kappa shape index (κ2) is 6.32. The topological polar surface area (TPSA) is 68.0 Å². The van der Waals surface area contributed by atoms with Crippen LogP contribution in [0.3, 0.4) is 0 Å². The van der Waals surface area contributed by atoms with Crippen LogP contribution in [-0.2, 0) is 4.74 Å². The molecule has 2 aliphatic heterocycles. The Morgan fingerprint density at radius 1 is 1.20 bits per heavy atom. The van der Waals surface area contributed by atoms with Gasteiger partial charge in [-0.2, -0.15) is 0 Å². The van der Waals surface area contributed by atoms with Crippen LogP contribution in [0.25, 0.3) is 0 Å². The summed E-state index contributed by atoms with van der Waals surface area (Å²) in [6.45, 7) is 9.28. The van der Waals surface area contributed by atoms with E-state index in [0.29, 0.717) is 11.4 Å². The molecule has 3 rings (SSSR count). The fourth-order valence-electron chi connectivity index (χ4n) is 3.69. The summed E-state index contributed by atoms with van der Waals surface area (Å²) in [5, 5.41) is 0. The Labute approximate surface area is 149 Å². The van der Waals surface area contributed by atoms with Crippen LogP contribution in [-0.4, -0.2) is 49.9 Å². The summed E-state index contributed by atoms with van der Waals surface area (Å²) in [6.07, 6.45) is 1.97. The molecule has 6 heteroatoms. The molecule has 0 aromatic heterocycles. The van der Waals surface area contributed by atoms with Gasteiger partial charge in [0.05, 0.1) is 12.8 Å². The summed E-state index contributed by atoms with van der Waals surface area (Å²) in [6, 6.07) is 5.95. The summed E-state index contributed by atoms with van der Waals surface area (Å²) in [7, 11) is 1.63. The summed E-state index contributed by atoms with van der Waals surface area (Å²) >= 11 is 0. The average Bonchev–Trinajstić information content (AvgIpc) is 2.51. The van der Waals surface area contributed by atoms with Gasteiger partial charge in [0.15, 0.2) is 0 Å². The average molecular weight is 347 g/mol. The van der Waals surface area contributed by atoms with Crippen molar-refractivity contribution in [2.45, 2.75) is 39.2 Å². The number of rotatable bonds is 2. The van der Waals surface area contributed by atoms with E-state index in [4.69, 9.17) is 15.2 Å². The molecule has 6 nitrogen and oxygen atoms in total. The first kappa shape index (κ1) is 17.7. The van der Waals surface area contributed by atoms with Crippen LogP contribution in [0.5, 0.6) is 5.75 Å². The molecule has 1 amide bonds. The van der Waals surface area contributed by atoms with Crippen molar-refractivity contribution in [3.63, 3.8) is 0 Å². The smallest absolute Gasteiger partial charge is 0.410 e. The number of likely N-dealkylation sites (tertiary alicyclic amines) is 1. The summed E-state index contributed by atoms with van der Waals surface area (Å²) in [4.78, 5) is 16.3. The predicted octanol–water partition coefficient (Wildman–Crippen LogP) is 3.11. The molecule has 1 aromatic carbocycles. The minimum Gasteiger partial charge on any atom is -0.495 e. The van der Waals surface area contributed by atoms with Gasteiger partial charge in [0.1, 0.15) is 11.4 Å². The number of carbonyl (C=O) groups excluding carboxylic acids is 1. The molecule has 0 bridgehead atoms. The second-order valence-corrected chi connectivity index (χ2v) is 8.25. The molecule has 0 atom stereocenters. The van der Waals surface area contributed by atoms with Gasteiger partial charge in [-0.3, -0.25) is 0 Å². The number of methoxy groups -OCH3 is 1. The SMILES string of the molecule is COc1ccc(N2CCC3(CC2)CN(C(=O)OC(C)(C)C)C3)cc1N. The lowest BCUT2D eigenvalue weighted by Crippen LogP contribution is -2.62. The van der Waals surface area contributed by atoms with Crippen LogP contribution in [0.15, 0.2) is 18.2 Å². The zero-order valence-electron chi connectivity index (χ0n) is 15.7. The monoisotopic (exact) mass is 347 g/mol. The number of hydrogen-bond donors (Lipinski definition) is 1. The van der Waals surface area contributed by atoms with E-state index in [2.05, 4.69) is 11.0 Å². The minimum atomic E-state index is -0.433. The third-order valence-corrected chi connectivity index (χ3v) is 5.11. The maximum absolute atomic E-state index is 12.1. The van der Waals surface area contributed by atoms with Crippen LogP contribution < -0.4 is 15.4 Å². The molecule has 1 spiro atoms. The van der Waals surface area contributed by atoms with Gasteiger partial charge in [-0.25, -0.2) is 4.79 Å². The summed E-state index contributed by atoms with van der Waals surface area (Å²) in [5.41, 5.74) is 7.65. The molecule has 138 valence electrons. The van der Waals surface area contributed by atoms with Crippen LogP contribution in [0, 0.1) is 5.41 Å². The van der Waals surface area contributed by atoms with Crippen LogP contribution in [0.2, 0.25) is 0 Å². The van der Waals surface area contributed by atoms with E-state index in [1.54, 1.807) is 7.11 Å². The van der Waals surface area contributed by atoms with E-state index in [-0.39, 0.29) is 11.5 Å². The highest BCUT2D eigenvalue weighted by molar-refractivity contribution is 5.69. The number of piperidine rings is 1. The molecule has 2 heterocycles. The highest BCUT2D eigenvalue weighted by Crippen LogP contribution is 2.42. The Morgan fingerprint density at radius 3 is 2.36 bits per heavy atom. The molecule has 1 aromatic rings. The molecule has 2 fully saturated rings.